The highest BCUT2D eigenvalue weighted by Gasteiger charge is 2.28. The normalized spacial score (nSPS) is 13.2. The summed E-state index contributed by atoms with van der Waals surface area (Å²) in [5.41, 5.74) is 3.51. The Kier molecular flexibility index (Phi) is 7.97. The molecule has 2 aromatic heterocycles. The fourth-order valence-electron chi connectivity index (χ4n) is 4.89. The number of hydrogen-bond donors (Lipinski definition) is 1. The average molecular weight is 579 g/mol. The number of nitrogens with zero attached hydrogens (tertiary/aromatic N) is 2. The first-order valence-corrected chi connectivity index (χ1v) is 14.1. The lowest BCUT2D eigenvalue weighted by Crippen LogP contribution is -2.39. The molecule has 0 spiro atoms. The Morgan fingerprint density at radius 2 is 1.90 bits per heavy atom. The maximum Gasteiger partial charge on any atom is 0.410 e. The van der Waals surface area contributed by atoms with Gasteiger partial charge in [0.25, 0.3) is 0 Å². The number of carbonyl (C=O) groups excluding carboxylic acids is 1. The smallest absolute Gasteiger partial charge is 0.410 e. The number of methoxy groups -OCH3 is 1. The first kappa shape index (κ1) is 28.5. The van der Waals surface area contributed by atoms with E-state index in [0.29, 0.717) is 47.6 Å². The zero-order chi connectivity index (χ0) is 29.3. The molecule has 5 rings (SSSR count). The number of aromatic nitrogens is 1. The van der Waals surface area contributed by atoms with Gasteiger partial charge >= 0.3 is 12.1 Å². The summed E-state index contributed by atoms with van der Waals surface area (Å²) < 4.78 is 31.3. The number of fused-ring (bicyclic) bond motifs is 2. The first-order valence-electron chi connectivity index (χ1n) is 13.2. The summed E-state index contributed by atoms with van der Waals surface area (Å²) >= 11 is 1.39. The Balaban J connectivity index is 1.56. The van der Waals surface area contributed by atoms with Gasteiger partial charge in [-0.25, -0.2) is 19.0 Å². The molecule has 0 radical (unpaired) electrons. The van der Waals surface area contributed by atoms with E-state index in [-0.39, 0.29) is 24.1 Å². The molecule has 3 heterocycles. The highest BCUT2D eigenvalue weighted by Crippen LogP contribution is 2.43. The molecule has 0 saturated carbocycles. The van der Waals surface area contributed by atoms with E-state index in [0.717, 1.165) is 22.1 Å². The number of amides is 1. The number of carboxylic acids is 1. The third kappa shape index (κ3) is 6.03. The molecule has 4 aromatic rings. The van der Waals surface area contributed by atoms with Crippen LogP contribution < -0.4 is 4.74 Å². The summed E-state index contributed by atoms with van der Waals surface area (Å²) in [7, 11) is 1.54. The van der Waals surface area contributed by atoms with Crippen LogP contribution in [0.25, 0.3) is 32.5 Å². The topological polar surface area (TPSA) is 98.2 Å². The molecule has 1 aliphatic heterocycles. The maximum atomic E-state index is 14.2. The number of carboxylic acid groups (broad SMARTS) is 1. The van der Waals surface area contributed by atoms with E-state index in [1.54, 1.807) is 4.90 Å². The van der Waals surface area contributed by atoms with Crippen molar-refractivity contribution in [3.8, 4) is 28.1 Å². The molecule has 1 aliphatic rings. The van der Waals surface area contributed by atoms with Crippen molar-refractivity contribution in [3.63, 3.8) is 0 Å². The van der Waals surface area contributed by atoms with Gasteiger partial charge in [-0.2, -0.15) is 0 Å². The van der Waals surface area contributed by atoms with Crippen LogP contribution in [-0.2, 0) is 22.4 Å². The van der Waals surface area contributed by atoms with E-state index in [4.69, 9.17) is 14.2 Å². The van der Waals surface area contributed by atoms with Gasteiger partial charge in [-0.15, -0.1) is 11.3 Å². The lowest BCUT2D eigenvalue weighted by Gasteiger charge is -2.31. The number of aromatic carboxylic acids is 1. The van der Waals surface area contributed by atoms with Crippen molar-refractivity contribution >= 4 is 33.5 Å². The van der Waals surface area contributed by atoms with Crippen LogP contribution in [0.15, 0.2) is 47.8 Å². The quantitative estimate of drug-likeness (QED) is 0.241. The Morgan fingerprint density at radius 3 is 2.63 bits per heavy atom. The minimum absolute atomic E-state index is 0.146. The molecule has 0 saturated heterocycles. The van der Waals surface area contributed by atoms with Crippen molar-refractivity contribution in [3.05, 3.63) is 70.5 Å². The first-order chi connectivity index (χ1) is 19.6. The van der Waals surface area contributed by atoms with Gasteiger partial charge in [0.2, 0.25) is 0 Å². The third-order valence-corrected chi connectivity index (χ3v) is 7.64. The molecule has 0 bridgehead atoms. The molecule has 1 N–H and O–H groups in total. The van der Waals surface area contributed by atoms with Gasteiger partial charge in [0, 0.05) is 53.0 Å². The van der Waals surface area contributed by atoms with Gasteiger partial charge in [0.05, 0.1) is 12.3 Å². The number of thiophene rings is 1. The summed E-state index contributed by atoms with van der Waals surface area (Å²) in [6.07, 6.45) is 0.290. The van der Waals surface area contributed by atoms with E-state index in [1.165, 1.54) is 36.6 Å². The van der Waals surface area contributed by atoms with Gasteiger partial charge in [-0.05, 0) is 68.0 Å². The van der Waals surface area contributed by atoms with Gasteiger partial charge < -0.3 is 24.2 Å². The summed E-state index contributed by atoms with van der Waals surface area (Å²) in [5.74, 6) is -1.48. The Bertz CT molecular complexity index is 1630. The molecule has 10 heteroatoms. The van der Waals surface area contributed by atoms with Crippen molar-refractivity contribution < 1.29 is 33.3 Å². The standard InChI is InChI=1S/C31H31FN2O6S/c1-31(2,3)40-30(37)34-11-9-18-15-19(5-6-20(18)17-34)26-23-10-14-41-28(23)25(27(33-26)29(35)36)22-8-7-21(32)16-24(22)39-13-12-38-4/h5-8,10,14-16H,9,11-13,17H2,1-4H3,(H,35,36). The predicted molar refractivity (Wildman–Crippen MR) is 155 cm³/mol. The molecule has 0 fully saturated rings. The molecule has 0 unspecified atom stereocenters. The highest BCUT2D eigenvalue weighted by molar-refractivity contribution is 7.18. The van der Waals surface area contributed by atoms with Gasteiger partial charge in [0.1, 0.15) is 23.8 Å². The van der Waals surface area contributed by atoms with Crippen LogP contribution in [-0.4, -0.2) is 59.5 Å². The molecule has 41 heavy (non-hydrogen) atoms. The SMILES string of the molecule is COCCOc1cc(F)ccc1-c1c(C(=O)O)nc(-c2ccc3c(c2)CCN(C(=O)OC(C)(C)C)C3)c2ccsc12. The van der Waals surface area contributed by atoms with Crippen LogP contribution in [0.3, 0.4) is 0 Å². The largest absolute Gasteiger partial charge is 0.490 e. The average Bonchev–Trinajstić information content (AvgIpc) is 3.41. The molecule has 1 amide bonds. The second-order valence-corrected chi connectivity index (χ2v) is 11.7. The fourth-order valence-corrected chi connectivity index (χ4v) is 5.85. The van der Waals surface area contributed by atoms with Crippen molar-refractivity contribution in [2.24, 2.45) is 0 Å². The van der Waals surface area contributed by atoms with E-state index in [2.05, 4.69) is 4.98 Å². The monoisotopic (exact) mass is 578 g/mol. The minimum atomic E-state index is -1.20. The highest BCUT2D eigenvalue weighted by atomic mass is 32.1. The van der Waals surface area contributed by atoms with Crippen LogP contribution in [0.4, 0.5) is 9.18 Å². The van der Waals surface area contributed by atoms with E-state index in [1.807, 2.05) is 50.4 Å². The molecule has 214 valence electrons. The van der Waals surface area contributed by atoms with Crippen molar-refractivity contribution in [2.45, 2.75) is 39.3 Å². The Hall–Kier alpha value is -4.02. The summed E-state index contributed by atoms with van der Waals surface area (Å²) in [6.45, 7) is 6.94. The van der Waals surface area contributed by atoms with Crippen molar-refractivity contribution in [2.75, 3.05) is 26.9 Å². The van der Waals surface area contributed by atoms with Gasteiger partial charge in [-0.3, -0.25) is 0 Å². The molecular formula is C31H31FN2O6S. The molecule has 0 aliphatic carbocycles. The lowest BCUT2D eigenvalue weighted by atomic mass is 9.94. The van der Waals surface area contributed by atoms with E-state index < -0.39 is 17.4 Å². The van der Waals surface area contributed by atoms with E-state index >= 15 is 0 Å². The second-order valence-electron chi connectivity index (χ2n) is 10.8. The summed E-state index contributed by atoms with van der Waals surface area (Å²) in [6, 6.07) is 11.8. The fraction of sp³-hybridized carbons (Fsp3) is 0.323. The Labute approximate surface area is 241 Å². The number of benzene rings is 2. The zero-order valence-electron chi connectivity index (χ0n) is 23.3. The predicted octanol–water partition coefficient (Wildman–Crippen LogP) is 6.79. The van der Waals surface area contributed by atoms with Crippen molar-refractivity contribution in [1.82, 2.24) is 9.88 Å². The van der Waals surface area contributed by atoms with Crippen LogP contribution in [0, 0.1) is 5.82 Å². The summed E-state index contributed by atoms with van der Waals surface area (Å²) in [5, 5.41) is 12.9. The molecule has 0 atom stereocenters. The minimum Gasteiger partial charge on any atom is -0.490 e. The van der Waals surface area contributed by atoms with Crippen LogP contribution in [0.1, 0.15) is 42.4 Å². The number of carbonyl (C=O) groups is 2. The van der Waals surface area contributed by atoms with Crippen LogP contribution >= 0.6 is 11.3 Å². The summed E-state index contributed by atoms with van der Waals surface area (Å²) in [4.78, 5) is 31.5. The van der Waals surface area contributed by atoms with Crippen molar-refractivity contribution in [1.29, 1.82) is 0 Å². The van der Waals surface area contributed by atoms with E-state index in [9.17, 15) is 19.1 Å². The molecule has 2 aromatic carbocycles. The molecule has 8 nitrogen and oxygen atoms in total. The zero-order valence-corrected chi connectivity index (χ0v) is 24.1. The van der Waals surface area contributed by atoms with Crippen LogP contribution in [0.2, 0.25) is 0 Å². The number of halogens is 1. The molecular weight excluding hydrogens is 547 g/mol. The number of hydrogen-bond acceptors (Lipinski definition) is 7. The number of pyridine rings is 1. The number of ether oxygens (including phenoxy) is 3. The number of rotatable bonds is 7. The third-order valence-electron chi connectivity index (χ3n) is 6.71. The maximum absolute atomic E-state index is 14.2. The Morgan fingerprint density at radius 1 is 1.10 bits per heavy atom. The van der Waals surface area contributed by atoms with Gasteiger partial charge in [0.15, 0.2) is 5.69 Å². The second kappa shape index (κ2) is 11.5. The van der Waals surface area contributed by atoms with Crippen LogP contribution in [0.5, 0.6) is 5.75 Å². The van der Waals surface area contributed by atoms with Gasteiger partial charge in [-0.1, -0.05) is 12.1 Å². The lowest BCUT2D eigenvalue weighted by molar-refractivity contribution is 0.0224.